The highest BCUT2D eigenvalue weighted by Crippen LogP contribution is 2.33. The van der Waals surface area contributed by atoms with Crippen molar-refractivity contribution in [3.63, 3.8) is 0 Å². The van der Waals surface area contributed by atoms with Gasteiger partial charge in [-0.1, -0.05) is 12.1 Å². The van der Waals surface area contributed by atoms with Crippen molar-refractivity contribution in [3.8, 4) is 22.1 Å². The number of hydrogen-bond donors (Lipinski definition) is 1. The third-order valence-electron chi connectivity index (χ3n) is 3.90. The number of hydrogen-bond acceptors (Lipinski definition) is 5. The second-order valence-electron chi connectivity index (χ2n) is 5.80. The van der Waals surface area contributed by atoms with Crippen molar-refractivity contribution in [2.24, 2.45) is 0 Å². The van der Waals surface area contributed by atoms with Gasteiger partial charge in [-0.3, -0.25) is 4.79 Å². The molecule has 0 aliphatic carbocycles. The maximum atomic E-state index is 13.2. The van der Waals surface area contributed by atoms with Crippen molar-refractivity contribution in [2.45, 2.75) is 13.0 Å². The first-order valence-electron chi connectivity index (χ1n) is 8.27. The Bertz CT molecular complexity index is 942. The van der Waals surface area contributed by atoms with E-state index in [1.165, 1.54) is 23.5 Å². The van der Waals surface area contributed by atoms with Gasteiger partial charge in [-0.05, 0) is 35.9 Å². The van der Waals surface area contributed by atoms with Gasteiger partial charge in [0.2, 0.25) is 5.91 Å². The molecule has 27 heavy (non-hydrogen) atoms. The molecule has 140 valence electrons. The van der Waals surface area contributed by atoms with Crippen molar-refractivity contribution in [1.82, 2.24) is 10.3 Å². The fourth-order valence-electron chi connectivity index (χ4n) is 2.56. The minimum atomic E-state index is -0.319. The number of carbonyl (C=O) groups excluding carboxylic acids is 1. The minimum absolute atomic E-state index is 0.163. The zero-order valence-corrected chi connectivity index (χ0v) is 15.8. The number of benzene rings is 2. The van der Waals surface area contributed by atoms with Gasteiger partial charge in [-0.2, -0.15) is 0 Å². The van der Waals surface area contributed by atoms with Gasteiger partial charge in [0.25, 0.3) is 0 Å². The summed E-state index contributed by atoms with van der Waals surface area (Å²) in [6.45, 7) is 0.281. The molecule has 1 amide bonds. The van der Waals surface area contributed by atoms with Crippen molar-refractivity contribution in [3.05, 3.63) is 64.9 Å². The lowest BCUT2D eigenvalue weighted by atomic mass is 10.2. The summed E-state index contributed by atoms with van der Waals surface area (Å²) in [7, 11) is 3.17. The molecule has 0 saturated heterocycles. The molecule has 0 unspecified atom stereocenters. The largest absolute Gasteiger partial charge is 0.493 e. The number of methoxy groups -OCH3 is 2. The zero-order chi connectivity index (χ0) is 19.2. The lowest BCUT2D eigenvalue weighted by Crippen LogP contribution is -2.24. The van der Waals surface area contributed by atoms with Crippen LogP contribution >= 0.6 is 11.3 Å². The molecule has 0 aliphatic rings. The molecule has 1 aromatic heterocycles. The quantitative estimate of drug-likeness (QED) is 0.671. The average Bonchev–Trinajstić information content (AvgIpc) is 3.14. The second kappa shape index (κ2) is 8.64. The first kappa shape index (κ1) is 18.8. The fourth-order valence-corrected chi connectivity index (χ4v) is 3.38. The number of aromatic nitrogens is 1. The molecular formula is C20H19FN2O3S. The Hall–Kier alpha value is -2.93. The summed E-state index contributed by atoms with van der Waals surface area (Å²) in [5, 5.41) is 5.43. The molecule has 7 heteroatoms. The summed E-state index contributed by atoms with van der Waals surface area (Å²) in [5.74, 6) is 0.790. The van der Waals surface area contributed by atoms with Gasteiger partial charge < -0.3 is 14.8 Å². The molecular weight excluding hydrogens is 367 g/mol. The Morgan fingerprint density at radius 1 is 1.15 bits per heavy atom. The molecule has 1 heterocycles. The van der Waals surface area contributed by atoms with Crippen molar-refractivity contribution in [1.29, 1.82) is 0 Å². The molecule has 3 rings (SSSR count). The molecule has 0 atom stereocenters. The van der Waals surface area contributed by atoms with Crippen molar-refractivity contribution < 1.29 is 18.7 Å². The Kier molecular flexibility index (Phi) is 6.03. The minimum Gasteiger partial charge on any atom is -0.493 e. The van der Waals surface area contributed by atoms with Gasteiger partial charge in [0.05, 0.1) is 26.3 Å². The van der Waals surface area contributed by atoms with Crippen LogP contribution in [0.3, 0.4) is 0 Å². The predicted molar refractivity (Wildman–Crippen MR) is 103 cm³/mol. The SMILES string of the molecule is COc1ccc(-c2nc(CC(=O)NCc3cccc(F)c3)cs2)cc1OC. The van der Waals surface area contributed by atoms with Gasteiger partial charge in [0.15, 0.2) is 11.5 Å². The number of halogens is 1. The Morgan fingerprint density at radius 2 is 1.96 bits per heavy atom. The van der Waals surface area contributed by atoms with Crippen LogP contribution in [0.5, 0.6) is 11.5 Å². The van der Waals surface area contributed by atoms with Crippen LogP contribution in [-0.2, 0) is 17.8 Å². The molecule has 0 radical (unpaired) electrons. The van der Waals surface area contributed by atoms with Crippen LogP contribution in [-0.4, -0.2) is 25.1 Å². The van der Waals surface area contributed by atoms with Crippen LogP contribution < -0.4 is 14.8 Å². The molecule has 5 nitrogen and oxygen atoms in total. The smallest absolute Gasteiger partial charge is 0.226 e. The van der Waals surface area contributed by atoms with Gasteiger partial charge in [0.1, 0.15) is 10.8 Å². The van der Waals surface area contributed by atoms with E-state index in [1.54, 1.807) is 26.4 Å². The van der Waals surface area contributed by atoms with E-state index in [0.29, 0.717) is 22.8 Å². The molecule has 1 N–H and O–H groups in total. The van der Waals surface area contributed by atoms with Gasteiger partial charge in [-0.25, -0.2) is 9.37 Å². The van der Waals surface area contributed by atoms with Gasteiger partial charge >= 0.3 is 0 Å². The van der Waals surface area contributed by atoms with E-state index in [9.17, 15) is 9.18 Å². The van der Waals surface area contributed by atoms with E-state index in [1.807, 2.05) is 23.6 Å². The van der Waals surface area contributed by atoms with E-state index in [0.717, 1.165) is 10.6 Å². The molecule has 0 aliphatic heterocycles. The highest BCUT2D eigenvalue weighted by Gasteiger charge is 2.12. The Balaban J connectivity index is 1.63. The van der Waals surface area contributed by atoms with Crippen LogP contribution in [0.25, 0.3) is 10.6 Å². The number of carbonyl (C=O) groups is 1. The molecule has 3 aromatic rings. The van der Waals surface area contributed by atoms with Gasteiger partial charge in [0, 0.05) is 17.5 Å². The molecule has 0 spiro atoms. The summed E-state index contributed by atoms with van der Waals surface area (Å²) < 4.78 is 23.7. The van der Waals surface area contributed by atoms with Crippen molar-refractivity contribution in [2.75, 3.05) is 14.2 Å². The van der Waals surface area contributed by atoms with E-state index >= 15 is 0 Å². The normalized spacial score (nSPS) is 10.5. The summed E-state index contributed by atoms with van der Waals surface area (Å²) in [6.07, 6.45) is 0.166. The summed E-state index contributed by atoms with van der Waals surface area (Å²) in [5.41, 5.74) is 2.29. The third-order valence-corrected chi connectivity index (χ3v) is 4.84. The third kappa shape index (κ3) is 4.83. The summed E-state index contributed by atoms with van der Waals surface area (Å²) in [6, 6.07) is 11.7. The number of nitrogens with one attached hydrogen (secondary N) is 1. The summed E-state index contributed by atoms with van der Waals surface area (Å²) >= 11 is 1.46. The maximum absolute atomic E-state index is 13.2. The van der Waals surface area contributed by atoms with Crippen molar-refractivity contribution >= 4 is 17.2 Å². The monoisotopic (exact) mass is 386 g/mol. The molecule has 0 saturated carbocycles. The fraction of sp³-hybridized carbons (Fsp3) is 0.200. The highest BCUT2D eigenvalue weighted by atomic mass is 32.1. The van der Waals surface area contributed by atoms with Gasteiger partial charge in [-0.15, -0.1) is 11.3 Å². The van der Waals surface area contributed by atoms with E-state index in [2.05, 4.69) is 10.3 Å². The first-order chi connectivity index (χ1) is 13.1. The van der Waals surface area contributed by atoms with Crippen LogP contribution in [0.15, 0.2) is 47.8 Å². The molecule has 0 fully saturated rings. The standard InChI is InChI=1S/C20H19FN2O3S/c1-25-17-7-6-14(9-18(17)26-2)20-23-16(12-27-20)10-19(24)22-11-13-4-3-5-15(21)8-13/h3-9,12H,10-11H2,1-2H3,(H,22,24). The zero-order valence-electron chi connectivity index (χ0n) is 15.0. The summed E-state index contributed by atoms with van der Waals surface area (Å²) in [4.78, 5) is 16.6. The predicted octanol–water partition coefficient (Wildman–Crippen LogP) is 3.83. The Morgan fingerprint density at radius 3 is 2.70 bits per heavy atom. The number of amides is 1. The van der Waals surface area contributed by atoms with Crippen LogP contribution in [0.4, 0.5) is 4.39 Å². The lowest BCUT2D eigenvalue weighted by molar-refractivity contribution is -0.120. The van der Waals surface area contributed by atoms with Crippen LogP contribution in [0, 0.1) is 5.82 Å². The molecule has 2 aromatic carbocycles. The average molecular weight is 386 g/mol. The first-order valence-corrected chi connectivity index (χ1v) is 9.15. The van der Waals surface area contributed by atoms with E-state index in [4.69, 9.17) is 9.47 Å². The number of ether oxygens (including phenoxy) is 2. The van der Waals surface area contributed by atoms with Crippen LogP contribution in [0.1, 0.15) is 11.3 Å². The number of rotatable bonds is 7. The second-order valence-corrected chi connectivity index (χ2v) is 6.66. The van der Waals surface area contributed by atoms with E-state index < -0.39 is 0 Å². The highest BCUT2D eigenvalue weighted by molar-refractivity contribution is 7.13. The maximum Gasteiger partial charge on any atom is 0.226 e. The lowest BCUT2D eigenvalue weighted by Gasteiger charge is -2.08. The number of nitrogens with zero attached hydrogens (tertiary/aromatic N) is 1. The Labute approximate surface area is 160 Å². The number of thiazole rings is 1. The molecule has 0 bridgehead atoms. The van der Waals surface area contributed by atoms with Crippen LogP contribution in [0.2, 0.25) is 0 Å². The topological polar surface area (TPSA) is 60.5 Å². The van der Waals surface area contributed by atoms with E-state index in [-0.39, 0.29) is 24.7 Å².